The summed E-state index contributed by atoms with van der Waals surface area (Å²) in [5.74, 6) is -0.292. The van der Waals surface area contributed by atoms with Crippen molar-refractivity contribution in [3.8, 4) is 5.75 Å². The third kappa shape index (κ3) is 3.57. The molecule has 10 heteroatoms. The monoisotopic (exact) mass is 436 g/mol. The van der Waals surface area contributed by atoms with E-state index in [0.29, 0.717) is 29.8 Å². The minimum Gasteiger partial charge on any atom is -0.482 e. The fourth-order valence-electron chi connectivity index (χ4n) is 4.77. The molecule has 0 bridgehead atoms. The van der Waals surface area contributed by atoms with Crippen molar-refractivity contribution in [1.82, 2.24) is 9.21 Å². The van der Waals surface area contributed by atoms with Crippen molar-refractivity contribution in [2.24, 2.45) is 5.73 Å². The Balaban J connectivity index is 1.57. The standard InChI is InChI=1S/C20H28N4O5S/c1-14-11-15-16(29-13-18(25)22-15)12-17(14)30(27,28)24-9-5-20(6-10-24,19(21)26)23-7-3-2-4-8-23/h11-12H,2-10,13H2,1H3,(H2,21,26)(H,22,25). The van der Waals surface area contributed by atoms with E-state index in [9.17, 15) is 18.0 Å². The first-order valence-corrected chi connectivity index (χ1v) is 11.8. The predicted octanol–water partition coefficient (Wildman–Crippen LogP) is 0.820. The van der Waals surface area contributed by atoms with E-state index >= 15 is 0 Å². The van der Waals surface area contributed by atoms with Gasteiger partial charge in [0.1, 0.15) is 11.3 Å². The summed E-state index contributed by atoms with van der Waals surface area (Å²) >= 11 is 0. The van der Waals surface area contributed by atoms with Gasteiger partial charge in [-0.3, -0.25) is 14.5 Å². The number of carbonyl (C=O) groups is 2. The van der Waals surface area contributed by atoms with Gasteiger partial charge in [0.2, 0.25) is 15.9 Å². The second-order valence-electron chi connectivity index (χ2n) is 8.30. The molecule has 9 nitrogen and oxygen atoms in total. The van der Waals surface area contributed by atoms with E-state index in [2.05, 4.69) is 10.2 Å². The molecule has 3 aliphatic rings. The van der Waals surface area contributed by atoms with Crippen LogP contribution in [0.15, 0.2) is 17.0 Å². The van der Waals surface area contributed by atoms with Crippen LogP contribution in [0.25, 0.3) is 0 Å². The first-order chi connectivity index (χ1) is 14.2. The highest BCUT2D eigenvalue weighted by Crippen LogP contribution is 2.37. The second-order valence-corrected chi connectivity index (χ2v) is 10.2. The summed E-state index contributed by atoms with van der Waals surface area (Å²) in [6.07, 6.45) is 3.98. The molecule has 0 unspecified atom stereocenters. The molecule has 0 atom stereocenters. The summed E-state index contributed by atoms with van der Waals surface area (Å²) in [6.45, 7) is 3.66. The maximum Gasteiger partial charge on any atom is 0.262 e. The van der Waals surface area contributed by atoms with E-state index in [1.807, 2.05) is 0 Å². The van der Waals surface area contributed by atoms with Gasteiger partial charge in [-0.25, -0.2) is 8.42 Å². The van der Waals surface area contributed by atoms with Crippen LogP contribution in [0, 0.1) is 6.92 Å². The molecular formula is C20H28N4O5S. The number of nitrogens with one attached hydrogen (secondary N) is 1. The molecule has 3 N–H and O–H groups in total. The summed E-state index contributed by atoms with van der Waals surface area (Å²) in [5.41, 5.74) is 6.04. The fourth-order valence-corrected chi connectivity index (χ4v) is 6.43. The summed E-state index contributed by atoms with van der Waals surface area (Å²) in [6, 6.07) is 3.09. The average Bonchev–Trinajstić information content (AvgIpc) is 2.73. The highest BCUT2D eigenvalue weighted by molar-refractivity contribution is 7.89. The van der Waals surface area contributed by atoms with Gasteiger partial charge in [-0.1, -0.05) is 6.42 Å². The first-order valence-electron chi connectivity index (χ1n) is 10.4. The van der Waals surface area contributed by atoms with Crippen molar-refractivity contribution in [3.05, 3.63) is 17.7 Å². The molecule has 2 fully saturated rings. The minimum atomic E-state index is -3.78. The van der Waals surface area contributed by atoms with Crippen LogP contribution in [0.1, 0.15) is 37.7 Å². The lowest BCUT2D eigenvalue weighted by Crippen LogP contribution is -2.63. The number of aryl methyl sites for hydroxylation is 1. The van der Waals surface area contributed by atoms with Gasteiger partial charge in [0.05, 0.1) is 10.6 Å². The van der Waals surface area contributed by atoms with Crippen LogP contribution < -0.4 is 15.8 Å². The Kier molecular flexibility index (Phi) is 5.50. The van der Waals surface area contributed by atoms with Crippen molar-refractivity contribution in [2.45, 2.75) is 49.5 Å². The number of hydrogen-bond donors (Lipinski definition) is 2. The predicted molar refractivity (Wildman–Crippen MR) is 111 cm³/mol. The van der Waals surface area contributed by atoms with Crippen LogP contribution in [0.4, 0.5) is 5.69 Å². The van der Waals surface area contributed by atoms with E-state index in [1.54, 1.807) is 13.0 Å². The molecule has 164 valence electrons. The molecule has 2 amide bonds. The van der Waals surface area contributed by atoms with E-state index in [0.717, 1.165) is 32.4 Å². The first kappa shape index (κ1) is 21.1. The molecule has 1 aromatic rings. The number of rotatable bonds is 4. The van der Waals surface area contributed by atoms with Crippen LogP contribution >= 0.6 is 0 Å². The van der Waals surface area contributed by atoms with Crippen molar-refractivity contribution in [2.75, 3.05) is 38.1 Å². The number of benzene rings is 1. The highest BCUT2D eigenvalue weighted by Gasteiger charge is 2.47. The highest BCUT2D eigenvalue weighted by atomic mass is 32.2. The number of anilines is 1. The van der Waals surface area contributed by atoms with Gasteiger partial charge in [-0.15, -0.1) is 0 Å². The molecule has 4 rings (SSSR count). The Morgan fingerprint density at radius 3 is 2.43 bits per heavy atom. The quantitative estimate of drug-likeness (QED) is 0.721. The van der Waals surface area contributed by atoms with Crippen LogP contribution in [-0.4, -0.2) is 67.8 Å². The zero-order valence-corrected chi connectivity index (χ0v) is 18.0. The van der Waals surface area contributed by atoms with Gasteiger partial charge >= 0.3 is 0 Å². The molecule has 2 saturated heterocycles. The number of nitrogens with zero attached hydrogens (tertiary/aromatic N) is 2. The molecule has 30 heavy (non-hydrogen) atoms. The Bertz CT molecular complexity index is 964. The maximum atomic E-state index is 13.4. The summed E-state index contributed by atoms with van der Waals surface area (Å²) < 4.78 is 33.6. The zero-order chi connectivity index (χ0) is 21.5. The lowest BCUT2D eigenvalue weighted by Gasteiger charge is -2.47. The minimum absolute atomic E-state index is 0.143. The van der Waals surface area contributed by atoms with Crippen LogP contribution in [0.2, 0.25) is 0 Å². The van der Waals surface area contributed by atoms with Crippen LogP contribution in [-0.2, 0) is 19.6 Å². The molecule has 0 saturated carbocycles. The summed E-state index contributed by atoms with van der Waals surface area (Å²) in [7, 11) is -3.78. The SMILES string of the molecule is Cc1cc2c(cc1S(=O)(=O)N1CCC(C(N)=O)(N3CCCCC3)CC1)OCC(=O)N2. The fraction of sp³-hybridized carbons (Fsp3) is 0.600. The maximum absolute atomic E-state index is 13.4. The number of ether oxygens (including phenoxy) is 1. The number of amides is 2. The molecule has 3 aliphatic heterocycles. The van der Waals surface area contributed by atoms with Crippen molar-refractivity contribution < 1.29 is 22.7 Å². The van der Waals surface area contributed by atoms with Gasteiger partial charge in [0.25, 0.3) is 5.91 Å². The molecular weight excluding hydrogens is 408 g/mol. The van der Waals surface area contributed by atoms with Crippen LogP contribution in [0.5, 0.6) is 5.75 Å². The third-order valence-corrected chi connectivity index (χ3v) is 8.54. The smallest absolute Gasteiger partial charge is 0.262 e. The van der Waals surface area contributed by atoms with Crippen LogP contribution in [0.3, 0.4) is 0 Å². The van der Waals surface area contributed by atoms with Gasteiger partial charge in [-0.2, -0.15) is 4.31 Å². The lowest BCUT2D eigenvalue weighted by molar-refractivity contribution is -0.134. The molecule has 0 aliphatic carbocycles. The number of sulfonamides is 1. The largest absolute Gasteiger partial charge is 0.482 e. The number of nitrogens with two attached hydrogens (primary N) is 1. The third-order valence-electron chi connectivity index (χ3n) is 6.50. The number of piperidine rings is 2. The number of hydrogen-bond acceptors (Lipinski definition) is 6. The molecule has 3 heterocycles. The van der Waals surface area contributed by atoms with Gasteiger partial charge in [0.15, 0.2) is 6.61 Å². The Morgan fingerprint density at radius 1 is 1.13 bits per heavy atom. The zero-order valence-electron chi connectivity index (χ0n) is 17.1. The number of likely N-dealkylation sites (tertiary alicyclic amines) is 1. The van der Waals surface area contributed by atoms with Gasteiger partial charge < -0.3 is 15.8 Å². The average molecular weight is 437 g/mol. The summed E-state index contributed by atoms with van der Waals surface area (Å²) in [4.78, 5) is 26.2. The van der Waals surface area contributed by atoms with Gasteiger partial charge in [0, 0.05) is 19.2 Å². The van der Waals surface area contributed by atoms with E-state index in [1.165, 1.54) is 10.4 Å². The van der Waals surface area contributed by atoms with Crippen molar-refractivity contribution >= 4 is 27.5 Å². The molecule has 0 spiro atoms. The Labute approximate surface area is 176 Å². The van der Waals surface area contributed by atoms with Crippen molar-refractivity contribution in [3.63, 3.8) is 0 Å². The second kappa shape index (κ2) is 7.82. The van der Waals surface area contributed by atoms with Crippen molar-refractivity contribution in [1.29, 1.82) is 0 Å². The molecule has 1 aromatic carbocycles. The van der Waals surface area contributed by atoms with E-state index in [-0.39, 0.29) is 36.4 Å². The molecule has 0 aromatic heterocycles. The Morgan fingerprint density at radius 2 is 1.80 bits per heavy atom. The molecule has 0 radical (unpaired) electrons. The normalized spacial score (nSPS) is 22.6. The topological polar surface area (TPSA) is 122 Å². The van der Waals surface area contributed by atoms with E-state index in [4.69, 9.17) is 10.5 Å². The van der Waals surface area contributed by atoms with E-state index < -0.39 is 15.6 Å². The number of fused-ring (bicyclic) bond motifs is 1. The Hall–Kier alpha value is -2.17. The number of primary amides is 1. The summed E-state index contributed by atoms with van der Waals surface area (Å²) in [5, 5.41) is 2.69. The number of carbonyl (C=O) groups excluding carboxylic acids is 2. The van der Waals surface area contributed by atoms with Gasteiger partial charge in [-0.05, 0) is 57.3 Å². The lowest BCUT2D eigenvalue weighted by atomic mass is 9.84.